The lowest BCUT2D eigenvalue weighted by Crippen LogP contribution is -2.41. The number of hydrogen-bond donors (Lipinski definition) is 3. The van der Waals surface area contributed by atoms with Crippen LogP contribution in [-0.4, -0.2) is 26.6 Å². The zero-order valence-corrected chi connectivity index (χ0v) is 15.0. The number of rotatable bonds is 3. The van der Waals surface area contributed by atoms with Crippen molar-refractivity contribution in [3.63, 3.8) is 0 Å². The maximum absolute atomic E-state index is 12.6. The Hall–Kier alpha value is -2.83. The lowest BCUT2D eigenvalue weighted by molar-refractivity contribution is 0.0922. The number of aryl methyl sites for hydroxylation is 2. The number of nitrogens with zero attached hydrogens (tertiary/aromatic N) is 1. The highest BCUT2D eigenvalue weighted by Crippen LogP contribution is 2.22. The fourth-order valence-electron chi connectivity index (χ4n) is 3.51. The minimum atomic E-state index is -0.887. The number of H-pyrrole nitrogens is 1. The number of hydrogen-bond acceptors (Lipinski definition) is 4. The molecule has 0 saturated heterocycles. The summed E-state index contributed by atoms with van der Waals surface area (Å²) in [5, 5.41) is 13.4. The Morgan fingerprint density at radius 2 is 1.88 bits per heavy atom. The molecule has 3 rings (SSSR count). The Morgan fingerprint density at radius 1 is 1.19 bits per heavy atom. The lowest BCUT2D eigenvalue weighted by Gasteiger charge is -2.23. The molecule has 1 aromatic heterocycles. The summed E-state index contributed by atoms with van der Waals surface area (Å²) >= 11 is 0. The van der Waals surface area contributed by atoms with Crippen molar-refractivity contribution >= 4 is 5.91 Å². The van der Waals surface area contributed by atoms with Gasteiger partial charge in [0.25, 0.3) is 11.5 Å². The van der Waals surface area contributed by atoms with E-state index in [1.807, 2.05) is 13.0 Å². The molecular weight excluding hydrogens is 334 g/mol. The van der Waals surface area contributed by atoms with Crippen LogP contribution in [0.5, 0.6) is 5.88 Å². The van der Waals surface area contributed by atoms with Crippen molar-refractivity contribution in [2.75, 3.05) is 0 Å². The van der Waals surface area contributed by atoms with Crippen molar-refractivity contribution in [1.29, 1.82) is 0 Å². The Balaban J connectivity index is 2.05. The molecule has 0 atom stereocenters. The van der Waals surface area contributed by atoms with Crippen LogP contribution in [0.2, 0.25) is 0 Å². The van der Waals surface area contributed by atoms with E-state index in [1.165, 1.54) is 0 Å². The second-order valence-corrected chi connectivity index (χ2v) is 6.89. The maximum atomic E-state index is 12.6. The second-order valence-electron chi connectivity index (χ2n) is 6.89. The average molecular weight is 357 g/mol. The van der Waals surface area contributed by atoms with Gasteiger partial charge in [0, 0.05) is 6.04 Å². The Labute approximate surface area is 150 Å². The van der Waals surface area contributed by atoms with E-state index in [1.54, 1.807) is 19.1 Å². The normalized spacial score (nSPS) is 15.0. The van der Waals surface area contributed by atoms with Crippen LogP contribution in [0.25, 0.3) is 5.69 Å². The Morgan fingerprint density at radius 3 is 2.54 bits per heavy atom. The number of aromatic nitrogens is 2. The van der Waals surface area contributed by atoms with Gasteiger partial charge >= 0.3 is 5.69 Å². The number of carbonyl (C=O) groups excluding carboxylic acids is 1. The number of carbonyl (C=O) groups is 1. The van der Waals surface area contributed by atoms with Crippen LogP contribution >= 0.6 is 0 Å². The third-order valence-corrected chi connectivity index (χ3v) is 4.85. The summed E-state index contributed by atoms with van der Waals surface area (Å²) in [4.78, 5) is 39.2. The molecule has 3 N–H and O–H groups in total. The van der Waals surface area contributed by atoms with Crippen molar-refractivity contribution in [3.8, 4) is 11.6 Å². The number of amides is 1. The van der Waals surface area contributed by atoms with Crippen LogP contribution in [0, 0.1) is 13.8 Å². The monoisotopic (exact) mass is 357 g/mol. The molecule has 0 spiro atoms. The smallest absolute Gasteiger partial charge is 0.335 e. The first-order chi connectivity index (χ1) is 12.4. The highest BCUT2D eigenvalue weighted by molar-refractivity contribution is 5.96. The highest BCUT2D eigenvalue weighted by Gasteiger charge is 2.25. The minimum Gasteiger partial charge on any atom is -0.493 e. The van der Waals surface area contributed by atoms with E-state index in [0.717, 1.165) is 47.8 Å². The summed E-state index contributed by atoms with van der Waals surface area (Å²) in [6, 6.07) is 5.30. The van der Waals surface area contributed by atoms with Gasteiger partial charge in [0.1, 0.15) is 0 Å². The molecule has 0 aliphatic heterocycles. The highest BCUT2D eigenvalue weighted by atomic mass is 16.3. The molecule has 1 aliphatic carbocycles. The Bertz CT molecular complexity index is 952. The SMILES string of the molecule is Cc1ccc(-n2c(O)c(C(=O)NC3CCCCC3)c(=O)[nH]c2=O)c(C)c1. The van der Waals surface area contributed by atoms with E-state index < -0.39 is 28.6 Å². The predicted molar refractivity (Wildman–Crippen MR) is 98.1 cm³/mol. The van der Waals surface area contributed by atoms with E-state index in [2.05, 4.69) is 10.3 Å². The largest absolute Gasteiger partial charge is 0.493 e. The molecule has 1 amide bonds. The van der Waals surface area contributed by atoms with Gasteiger partial charge in [-0.15, -0.1) is 0 Å². The van der Waals surface area contributed by atoms with Crippen LogP contribution in [0.3, 0.4) is 0 Å². The first kappa shape index (κ1) is 18.0. The first-order valence-corrected chi connectivity index (χ1v) is 8.85. The van der Waals surface area contributed by atoms with Gasteiger partial charge in [-0.05, 0) is 38.3 Å². The molecule has 1 saturated carbocycles. The second kappa shape index (κ2) is 7.19. The average Bonchev–Trinajstić information content (AvgIpc) is 2.57. The van der Waals surface area contributed by atoms with Crippen LogP contribution in [-0.2, 0) is 0 Å². The summed E-state index contributed by atoms with van der Waals surface area (Å²) in [5.41, 5.74) is 0.0540. The number of nitrogens with one attached hydrogen (secondary N) is 2. The fraction of sp³-hybridized carbons (Fsp3) is 0.421. The van der Waals surface area contributed by atoms with Crippen LogP contribution in [0.4, 0.5) is 0 Å². The molecule has 1 fully saturated rings. The quantitative estimate of drug-likeness (QED) is 0.780. The predicted octanol–water partition coefficient (Wildman–Crippen LogP) is 1.91. The van der Waals surface area contributed by atoms with E-state index in [4.69, 9.17) is 0 Å². The van der Waals surface area contributed by atoms with Gasteiger partial charge in [-0.2, -0.15) is 0 Å². The molecular formula is C19H23N3O4. The lowest BCUT2D eigenvalue weighted by atomic mass is 9.95. The molecule has 0 radical (unpaired) electrons. The molecule has 138 valence electrons. The van der Waals surface area contributed by atoms with Crippen molar-refractivity contribution in [3.05, 3.63) is 55.7 Å². The number of aromatic amines is 1. The van der Waals surface area contributed by atoms with E-state index in [9.17, 15) is 19.5 Å². The Kier molecular flexibility index (Phi) is 4.97. The maximum Gasteiger partial charge on any atom is 0.335 e. The molecule has 26 heavy (non-hydrogen) atoms. The zero-order chi connectivity index (χ0) is 18.8. The fourth-order valence-corrected chi connectivity index (χ4v) is 3.51. The summed E-state index contributed by atoms with van der Waals surface area (Å²) in [7, 11) is 0. The van der Waals surface area contributed by atoms with Crippen LogP contribution in [0.1, 0.15) is 53.6 Å². The summed E-state index contributed by atoms with van der Waals surface area (Å²) in [6.07, 6.45) is 4.88. The molecule has 2 aromatic rings. The van der Waals surface area contributed by atoms with E-state index >= 15 is 0 Å². The molecule has 0 unspecified atom stereocenters. The number of benzene rings is 1. The van der Waals surface area contributed by atoms with E-state index in [0.29, 0.717) is 5.69 Å². The van der Waals surface area contributed by atoms with Gasteiger partial charge in [-0.3, -0.25) is 14.6 Å². The van der Waals surface area contributed by atoms with Crippen molar-refractivity contribution in [2.45, 2.75) is 52.0 Å². The van der Waals surface area contributed by atoms with Gasteiger partial charge in [0.2, 0.25) is 5.88 Å². The van der Waals surface area contributed by atoms with Crippen LogP contribution in [0.15, 0.2) is 27.8 Å². The zero-order valence-electron chi connectivity index (χ0n) is 15.0. The molecule has 0 bridgehead atoms. The molecule has 1 aromatic carbocycles. The van der Waals surface area contributed by atoms with Gasteiger partial charge in [-0.1, -0.05) is 37.0 Å². The standard InChI is InChI=1S/C19H23N3O4/c1-11-8-9-14(12(2)10-11)22-18(25)15(17(24)21-19(22)26)16(23)20-13-6-4-3-5-7-13/h8-10,13,25H,3-7H2,1-2H3,(H,20,23)(H,21,24,26). The van der Waals surface area contributed by atoms with Gasteiger partial charge < -0.3 is 10.4 Å². The van der Waals surface area contributed by atoms with Crippen molar-refractivity contribution < 1.29 is 9.90 Å². The van der Waals surface area contributed by atoms with E-state index in [-0.39, 0.29) is 6.04 Å². The summed E-state index contributed by atoms with van der Waals surface area (Å²) < 4.78 is 0.964. The van der Waals surface area contributed by atoms with Crippen molar-refractivity contribution in [2.24, 2.45) is 0 Å². The minimum absolute atomic E-state index is 0.0171. The molecule has 7 nitrogen and oxygen atoms in total. The molecule has 1 heterocycles. The third-order valence-electron chi connectivity index (χ3n) is 4.85. The topological polar surface area (TPSA) is 104 Å². The van der Waals surface area contributed by atoms with Gasteiger partial charge in [0.15, 0.2) is 5.56 Å². The van der Waals surface area contributed by atoms with Crippen LogP contribution < -0.4 is 16.6 Å². The summed E-state index contributed by atoms with van der Waals surface area (Å²) in [5.74, 6) is -1.30. The van der Waals surface area contributed by atoms with Crippen molar-refractivity contribution in [1.82, 2.24) is 14.9 Å². The summed E-state index contributed by atoms with van der Waals surface area (Å²) in [6.45, 7) is 3.70. The molecule has 7 heteroatoms. The van der Waals surface area contributed by atoms with Gasteiger partial charge in [0.05, 0.1) is 5.69 Å². The third kappa shape index (κ3) is 3.42. The number of aromatic hydroxyl groups is 1. The first-order valence-electron chi connectivity index (χ1n) is 8.85. The molecule has 1 aliphatic rings. The van der Waals surface area contributed by atoms with Gasteiger partial charge in [-0.25, -0.2) is 9.36 Å².